The van der Waals surface area contributed by atoms with Crippen LogP contribution in [0.25, 0.3) is 5.69 Å². The normalized spacial score (nSPS) is 10.5. The number of carbonyl (C=O) groups excluding carboxylic acids is 1. The number of amides is 1. The molecule has 0 saturated carbocycles. The number of hydrazone groups is 1. The smallest absolute Gasteiger partial charge is 0.292 e. The molecule has 1 N–H and O–H groups in total. The van der Waals surface area contributed by atoms with Crippen LogP contribution in [0.3, 0.4) is 0 Å². The predicted octanol–water partition coefficient (Wildman–Crippen LogP) is 2.20. The van der Waals surface area contributed by atoms with Crippen molar-refractivity contribution in [1.29, 1.82) is 5.26 Å². The van der Waals surface area contributed by atoms with Crippen LogP contribution in [0, 0.1) is 18.3 Å². The number of nitrogens with zero attached hydrogens (tertiary/aromatic N) is 4. The lowest BCUT2D eigenvalue weighted by Gasteiger charge is -2.11. The van der Waals surface area contributed by atoms with Crippen LogP contribution in [0.5, 0.6) is 17.2 Å². The minimum absolute atomic E-state index is 0.110. The van der Waals surface area contributed by atoms with Gasteiger partial charge in [0.1, 0.15) is 28.9 Å². The van der Waals surface area contributed by atoms with Gasteiger partial charge in [0.25, 0.3) is 11.5 Å². The van der Waals surface area contributed by atoms with Crippen molar-refractivity contribution in [2.24, 2.45) is 5.10 Å². The average Bonchev–Trinajstić information content (AvgIpc) is 2.84. The summed E-state index contributed by atoms with van der Waals surface area (Å²) in [6, 6.07) is 13.4. The number of carbonyl (C=O) groups is 1. The third kappa shape index (κ3) is 4.83. The third-order valence-corrected chi connectivity index (χ3v) is 4.79. The van der Waals surface area contributed by atoms with Crippen LogP contribution in [0.4, 0.5) is 0 Å². The van der Waals surface area contributed by atoms with E-state index in [1.54, 1.807) is 49.6 Å². The lowest BCUT2D eigenvalue weighted by atomic mass is 10.1. The van der Waals surface area contributed by atoms with Crippen LogP contribution >= 0.6 is 0 Å². The fraction of sp³-hybridized carbons (Fsp3) is 0.174. The maximum absolute atomic E-state index is 12.8. The molecule has 0 atom stereocenters. The van der Waals surface area contributed by atoms with Crippen molar-refractivity contribution in [2.45, 2.75) is 6.92 Å². The molecule has 10 nitrogen and oxygen atoms in total. The van der Waals surface area contributed by atoms with Crippen molar-refractivity contribution in [3.8, 4) is 29.0 Å². The molecule has 1 amide bonds. The van der Waals surface area contributed by atoms with Gasteiger partial charge in [-0.3, -0.25) is 9.59 Å². The van der Waals surface area contributed by atoms with Gasteiger partial charge in [-0.15, -0.1) is 0 Å². The predicted molar refractivity (Wildman–Crippen MR) is 120 cm³/mol. The van der Waals surface area contributed by atoms with Gasteiger partial charge >= 0.3 is 0 Å². The van der Waals surface area contributed by atoms with E-state index in [0.717, 1.165) is 4.68 Å². The molecule has 0 radical (unpaired) electrons. The molecule has 1 aromatic heterocycles. The highest BCUT2D eigenvalue weighted by Gasteiger charge is 2.20. The first-order valence-corrected chi connectivity index (χ1v) is 9.67. The van der Waals surface area contributed by atoms with Crippen LogP contribution in [-0.2, 0) is 0 Å². The van der Waals surface area contributed by atoms with Crippen LogP contribution < -0.4 is 25.2 Å². The number of nitriles is 1. The van der Waals surface area contributed by atoms with E-state index in [2.05, 4.69) is 15.6 Å². The third-order valence-electron chi connectivity index (χ3n) is 4.79. The van der Waals surface area contributed by atoms with Gasteiger partial charge in [0.05, 0.1) is 33.2 Å². The van der Waals surface area contributed by atoms with Crippen LogP contribution in [0.2, 0.25) is 0 Å². The molecule has 0 aliphatic heterocycles. The SMILES string of the molecule is COc1ccc(-n2nc(C(=O)N/N=C\c3ccc(OC)cc3OC)c(C)c(C#N)c2=O)cc1. The van der Waals surface area contributed by atoms with Gasteiger partial charge in [0.15, 0.2) is 5.69 Å². The summed E-state index contributed by atoms with van der Waals surface area (Å²) in [4.78, 5) is 25.5. The maximum atomic E-state index is 12.8. The van der Waals surface area contributed by atoms with E-state index >= 15 is 0 Å². The van der Waals surface area contributed by atoms with E-state index in [4.69, 9.17) is 14.2 Å². The fourth-order valence-corrected chi connectivity index (χ4v) is 2.99. The second kappa shape index (κ2) is 10.1. The summed E-state index contributed by atoms with van der Waals surface area (Å²) >= 11 is 0. The van der Waals surface area contributed by atoms with E-state index in [0.29, 0.717) is 28.5 Å². The molecule has 2 aromatic carbocycles. The van der Waals surface area contributed by atoms with Crippen LogP contribution in [0.1, 0.15) is 27.2 Å². The molecule has 3 aromatic rings. The quantitative estimate of drug-likeness (QED) is 0.434. The summed E-state index contributed by atoms with van der Waals surface area (Å²) in [6.07, 6.45) is 1.40. The zero-order valence-electron chi connectivity index (χ0n) is 18.4. The summed E-state index contributed by atoms with van der Waals surface area (Å²) in [7, 11) is 4.56. The maximum Gasteiger partial charge on any atom is 0.292 e. The zero-order chi connectivity index (χ0) is 24.0. The largest absolute Gasteiger partial charge is 0.497 e. The van der Waals surface area contributed by atoms with Crippen molar-refractivity contribution >= 4 is 12.1 Å². The van der Waals surface area contributed by atoms with Crippen molar-refractivity contribution in [1.82, 2.24) is 15.2 Å². The van der Waals surface area contributed by atoms with Crippen molar-refractivity contribution in [3.05, 3.63) is 75.2 Å². The molecule has 168 valence electrons. The fourth-order valence-electron chi connectivity index (χ4n) is 2.99. The van der Waals surface area contributed by atoms with E-state index in [-0.39, 0.29) is 16.8 Å². The zero-order valence-corrected chi connectivity index (χ0v) is 18.4. The molecule has 0 aliphatic carbocycles. The number of methoxy groups -OCH3 is 3. The highest BCUT2D eigenvalue weighted by molar-refractivity contribution is 5.95. The topological polar surface area (TPSA) is 128 Å². The van der Waals surface area contributed by atoms with Gasteiger partial charge in [-0.25, -0.2) is 5.43 Å². The molecule has 3 rings (SSSR count). The average molecular weight is 447 g/mol. The van der Waals surface area contributed by atoms with Gasteiger partial charge in [0, 0.05) is 17.2 Å². The Kier molecular flexibility index (Phi) is 7.05. The first-order valence-electron chi connectivity index (χ1n) is 9.67. The molecule has 1 heterocycles. The molecule has 0 saturated heterocycles. The molecular weight excluding hydrogens is 426 g/mol. The Morgan fingerprint density at radius 3 is 2.36 bits per heavy atom. The standard InChI is InChI=1S/C23H21N5O5/c1-14-19(12-24)23(30)28(16-6-9-17(31-2)10-7-16)27-21(14)22(29)26-25-13-15-5-8-18(32-3)11-20(15)33-4/h5-11,13H,1-4H3,(H,26,29)/b25-13-. The number of rotatable bonds is 7. The number of benzene rings is 2. The number of hydrogen-bond donors (Lipinski definition) is 1. The minimum atomic E-state index is -0.685. The Morgan fingerprint density at radius 1 is 1.09 bits per heavy atom. The van der Waals surface area contributed by atoms with Crippen LogP contribution in [-0.4, -0.2) is 43.2 Å². The second-order valence-corrected chi connectivity index (χ2v) is 6.68. The first-order chi connectivity index (χ1) is 15.9. The lowest BCUT2D eigenvalue weighted by molar-refractivity contribution is 0.0947. The van der Waals surface area contributed by atoms with Gasteiger partial charge < -0.3 is 14.2 Å². The summed E-state index contributed by atoms with van der Waals surface area (Å²) < 4.78 is 16.6. The minimum Gasteiger partial charge on any atom is -0.497 e. The Hall–Kier alpha value is -4.65. The summed E-state index contributed by atoms with van der Waals surface area (Å²) in [5, 5.41) is 17.6. The van der Waals surface area contributed by atoms with Crippen LogP contribution in [0.15, 0.2) is 52.4 Å². The van der Waals surface area contributed by atoms with Gasteiger partial charge in [0.2, 0.25) is 0 Å². The summed E-state index contributed by atoms with van der Waals surface area (Å²) in [5.41, 5.74) is 2.57. The molecule has 0 fully saturated rings. The van der Waals surface area contributed by atoms with Gasteiger partial charge in [-0.2, -0.15) is 20.1 Å². The molecule has 10 heteroatoms. The highest BCUT2D eigenvalue weighted by Crippen LogP contribution is 2.23. The molecule has 0 unspecified atom stereocenters. The second-order valence-electron chi connectivity index (χ2n) is 6.68. The Bertz CT molecular complexity index is 1310. The number of hydrogen-bond acceptors (Lipinski definition) is 8. The van der Waals surface area contributed by atoms with Crippen molar-refractivity contribution in [2.75, 3.05) is 21.3 Å². The Balaban J connectivity index is 1.94. The van der Waals surface area contributed by atoms with Gasteiger partial charge in [-0.05, 0) is 43.3 Å². The lowest BCUT2D eigenvalue weighted by Crippen LogP contribution is -2.31. The molecule has 33 heavy (non-hydrogen) atoms. The first kappa shape index (κ1) is 23.0. The van der Waals surface area contributed by atoms with Gasteiger partial charge in [-0.1, -0.05) is 0 Å². The number of ether oxygens (including phenoxy) is 3. The van der Waals surface area contributed by atoms with Crippen molar-refractivity contribution < 1.29 is 19.0 Å². The van der Waals surface area contributed by atoms with E-state index in [1.807, 2.05) is 6.07 Å². The van der Waals surface area contributed by atoms with E-state index in [9.17, 15) is 14.9 Å². The van der Waals surface area contributed by atoms with E-state index < -0.39 is 11.5 Å². The Labute approximate surface area is 189 Å². The molecule has 0 spiro atoms. The number of nitrogens with one attached hydrogen (secondary N) is 1. The Morgan fingerprint density at radius 2 is 1.76 bits per heavy atom. The highest BCUT2D eigenvalue weighted by atomic mass is 16.5. The molecule has 0 aliphatic rings. The monoisotopic (exact) mass is 447 g/mol. The molecular formula is C23H21N5O5. The number of aromatic nitrogens is 2. The summed E-state index contributed by atoms with van der Waals surface area (Å²) in [5.74, 6) is 1.01. The summed E-state index contributed by atoms with van der Waals surface area (Å²) in [6.45, 7) is 1.48. The van der Waals surface area contributed by atoms with E-state index in [1.165, 1.54) is 27.4 Å². The van der Waals surface area contributed by atoms with Crippen molar-refractivity contribution in [3.63, 3.8) is 0 Å². The molecule has 0 bridgehead atoms.